The molecule has 1 rings (SSSR count). The molecule has 98 valence electrons. The summed E-state index contributed by atoms with van der Waals surface area (Å²) in [7, 11) is 0. The Bertz CT molecular complexity index is 412. The molecule has 0 spiro atoms. The number of aldehydes is 1. The van der Waals surface area contributed by atoms with E-state index < -0.39 is 5.60 Å². The van der Waals surface area contributed by atoms with Crippen LogP contribution in [-0.4, -0.2) is 29.5 Å². The van der Waals surface area contributed by atoms with Crippen molar-refractivity contribution < 1.29 is 19.4 Å². The number of carbonyl (C=O) groups excluding carboxylic acids is 2. The van der Waals surface area contributed by atoms with Crippen LogP contribution in [0.3, 0.4) is 0 Å². The van der Waals surface area contributed by atoms with Crippen LogP contribution in [0.1, 0.15) is 20.3 Å². The maximum atomic E-state index is 10.8. The minimum atomic E-state index is -1.17. The van der Waals surface area contributed by atoms with Crippen molar-refractivity contribution in [2.45, 2.75) is 25.9 Å². The Morgan fingerprint density at radius 1 is 1.44 bits per heavy atom. The molecule has 0 fully saturated rings. The molecule has 0 heterocycles. The maximum absolute atomic E-state index is 10.8. The minimum absolute atomic E-state index is 0.0248. The molecule has 0 aliphatic rings. The second kappa shape index (κ2) is 6.16. The van der Waals surface area contributed by atoms with Gasteiger partial charge in [0.05, 0.1) is 0 Å². The van der Waals surface area contributed by atoms with Gasteiger partial charge in [0, 0.05) is 19.0 Å². The van der Waals surface area contributed by atoms with Gasteiger partial charge in [0.2, 0.25) is 5.91 Å². The van der Waals surface area contributed by atoms with Gasteiger partial charge in [-0.3, -0.25) is 4.79 Å². The molecule has 1 aromatic rings. The van der Waals surface area contributed by atoms with Crippen molar-refractivity contribution >= 4 is 17.9 Å². The summed E-state index contributed by atoms with van der Waals surface area (Å²) in [5.41, 5.74) is -0.493. The molecule has 2 N–H and O–H groups in total. The first-order valence-corrected chi connectivity index (χ1v) is 5.59. The van der Waals surface area contributed by atoms with Gasteiger partial charge in [-0.25, -0.2) is 0 Å². The molecule has 1 aromatic carbocycles. The second-order valence-corrected chi connectivity index (χ2v) is 4.36. The summed E-state index contributed by atoms with van der Waals surface area (Å²) in [5.74, 6) is 0.424. The highest BCUT2D eigenvalue weighted by molar-refractivity contribution is 5.88. The van der Waals surface area contributed by atoms with Crippen LogP contribution in [0.5, 0.6) is 5.75 Å². The Morgan fingerprint density at radius 2 is 2.06 bits per heavy atom. The molecule has 0 saturated heterocycles. The van der Waals surface area contributed by atoms with Gasteiger partial charge in [0.25, 0.3) is 0 Å². The van der Waals surface area contributed by atoms with Crippen LogP contribution in [0, 0.1) is 0 Å². The largest absolute Gasteiger partial charge is 0.491 e. The van der Waals surface area contributed by atoms with Crippen LogP contribution in [-0.2, 0) is 9.59 Å². The normalized spacial score (nSPS) is 13.5. The Hall–Kier alpha value is -1.88. The van der Waals surface area contributed by atoms with Gasteiger partial charge >= 0.3 is 0 Å². The van der Waals surface area contributed by atoms with Gasteiger partial charge in [-0.1, -0.05) is 0 Å². The fourth-order valence-electron chi connectivity index (χ4n) is 1.32. The Kier molecular flexibility index (Phi) is 4.85. The number of rotatable bonds is 6. The lowest BCUT2D eigenvalue weighted by Crippen LogP contribution is -2.32. The lowest BCUT2D eigenvalue weighted by molar-refractivity contribution is -0.114. The number of anilines is 1. The van der Waals surface area contributed by atoms with Crippen molar-refractivity contribution in [3.63, 3.8) is 0 Å². The third-order valence-corrected chi connectivity index (χ3v) is 2.25. The van der Waals surface area contributed by atoms with Gasteiger partial charge < -0.3 is 20.0 Å². The topological polar surface area (TPSA) is 75.6 Å². The highest BCUT2D eigenvalue weighted by Crippen LogP contribution is 2.17. The molecule has 0 aliphatic heterocycles. The van der Waals surface area contributed by atoms with E-state index in [2.05, 4.69) is 5.32 Å². The predicted molar refractivity (Wildman–Crippen MR) is 67.5 cm³/mol. The average Bonchev–Trinajstić information content (AvgIpc) is 2.27. The van der Waals surface area contributed by atoms with Crippen LogP contribution >= 0.6 is 0 Å². The first-order valence-electron chi connectivity index (χ1n) is 5.59. The van der Waals surface area contributed by atoms with Crippen molar-refractivity contribution in [1.29, 1.82) is 0 Å². The summed E-state index contributed by atoms with van der Waals surface area (Å²) in [4.78, 5) is 21.1. The number of hydrogen-bond acceptors (Lipinski definition) is 4. The summed E-state index contributed by atoms with van der Waals surface area (Å²) in [6, 6.07) is 6.76. The molecule has 0 bridgehead atoms. The molecule has 0 aliphatic carbocycles. The highest BCUT2D eigenvalue weighted by atomic mass is 16.5. The second-order valence-electron chi connectivity index (χ2n) is 4.36. The number of carbonyl (C=O) groups is 2. The van der Waals surface area contributed by atoms with E-state index in [0.29, 0.717) is 17.7 Å². The van der Waals surface area contributed by atoms with Crippen molar-refractivity contribution in [3.05, 3.63) is 24.3 Å². The van der Waals surface area contributed by atoms with Crippen molar-refractivity contribution in [2.24, 2.45) is 0 Å². The molecule has 18 heavy (non-hydrogen) atoms. The molecule has 0 unspecified atom stereocenters. The van der Waals surface area contributed by atoms with E-state index in [9.17, 15) is 14.7 Å². The van der Waals surface area contributed by atoms with Crippen LogP contribution in [0.4, 0.5) is 5.69 Å². The van der Waals surface area contributed by atoms with Crippen LogP contribution in [0.25, 0.3) is 0 Å². The fourth-order valence-corrected chi connectivity index (χ4v) is 1.32. The molecule has 5 heteroatoms. The lowest BCUT2D eigenvalue weighted by atomic mass is 10.1. The monoisotopic (exact) mass is 251 g/mol. The van der Waals surface area contributed by atoms with Crippen LogP contribution < -0.4 is 10.1 Å². The number of aliphatic hydroxyl groups is 1. The number of benzene rings is 1. The van der Waals surface area contributed by atoms with Crippen LogP contribution in [0.15, 0.2) is 24.3 Å². The van der Waals surface area contributed by atoms with E-state index in [1.165, 1.54) is 13.8 Å². The summed E-state index contributed by atoms with van der Waals surface area (Å²) in [6.45, 7) is 3.00. The average molecular weight is 251 g/mol. The lowest BCUT2D eigenvalue weighted by Gasteiger charge is -2.20. The molecule has 0 saturated carbocycles. The summed E-state index contributed by atoms with van der Waals surface area (Å²) < 4.78 is 5.36. The van der Waals surface area contributed by atoms with Crippen molar-refractivity contribution in [3.8, 4) is 5.75 Å². The predicted octanol–water partition coefficient (Wildman–Crippen LogP) is 1.36. The smallest absolute Gasteiger partial charge is 0.221 e. The molecule has 5 nitrogen and oxygen atoms in total. The summed E-state index contributed by atoms with van der Waals surface area (Å²) in [6.07, 6.45) is 0.681. The molecular weight excluding hydrogens is 234 g/mol. The quantitative estimate of drug-likeness (QED) is 0.749. The highest BCUT2D eigenvalue weighted by Gasteiger charge is 2.20. The molecule has 0 aromatic heterocycles. The van der Waals surface area contributed by atoms with Crippen molar-refractivity contribution in [1.82, 2.24) is 0 Å². The van der Waals surface area contributed by atoms with Gasteiger partial charge in [-0.15, -0.1) is 0 Å². The van der Waals surface area contributed by atoms with Gasteiger partial charge in [-0.05, 0) is 31.2 Å². The van der Waals surface area contributed by atoms with E-state index in [4.69, 9.17) is 4.74 Å². The number of amides is 1. The molecule has 1 amide bonds. The Morgan fingerprint density at radius 3 is 2.56 bits per heavy atom. The minimum Gasteiger partial charge on any atom is -0.491 e. The van der Waals surface area contributed by atoms with Gasteiger partial charge in [0.15, 0.2) is 0 Å². The number of ether oxygens (including phenoxy) is 1. The van der Waals surface area contributed by atoms with E-state index in [-0.39, 0.29) is 18.9 Å². The zero-order chi connectivity index (χ0) is 13.6. The zero-order valence-electron chi connectivity index (χ0n) is 10.5. The SMILES string of the molecule is CC(=O)Nc1ccc(OC[C@](C)(O)CC=O)cc1. The molecule has 1 atom stereocenters. The third kappa shape index (κ3) is 4.97. The van der Waals surface area contributed by atoms with Gasteiger partial charge in [0.1, 0.15) is 24.2 Å². The first kappa shape index (κ1) is 14.2. The summed E-state index contributed by atoms with van der Waals surface area (Å²) >= 11 is 0. The van der Waals surface area contributed by atoms with Crippen LogP contribution in [0.2, 0.25) is 0 Å². The van der Waals surface area contributed by atoms with E-state index in [1.807, 2.05) is 0 Å². The Labute approximate surface area is 106 Å². The van der Waals surface area contributed by atoms with Gasteiger partial charge in [-0.2, -0.15) is 0 Å². The maximum Gasteiger partial charge on any atom is 0.221 e. The first-order chi connectivity index (χ1) is 8.43. The molecular formula is C13H17NO4. The number of hydrogen-bond donors (Lipinski definition) is 2. The summed E-state index contributed by atoms with van der Waals surface area (Å²) in [5, 5.41) is 12.4. The number of nitrogens with one attached hydrogen (secondary N) is 1. The van der Waals surface area contributed by atoms with E-state index >= 15 is 0 Å². The third-order valence-electron chi connectivity index (χ3n) is 2.25. The molecule has 0 radical (unpaired) electrons. The van der Waals surface area contributed by atoms with Crippen molar-refractivity contribution in [2.75, 3.05) is 11.9 Å². The Balaban J connectivity index is 2.53. The van der Waals surface area contributed by atoms with E-state index in [0.717, 1.165) is 0 Å². The fraction of sp³-hybridized carbons (Fsp3) is 0.385. The van der Waals surface area contributed by atoms with E-state index in [1.54, 1.807) is 24.3 Å². The standard InChI is InChI=1S/C13H17NO4/c1-10(16)14-11-3-5-12(6-4-11)18-9-13(2,17)7-8-15/h3-6,8,17H,7,9H2,1-2H3,(H,14,16)/t13-/m1/s1. The zero-order valence-corrected chi connectivity index (χ0v) is 10.5.